The molecule has 126 valence electrons. The van der Waals surface area contributed by atoms with Gasteiger partial charge in [-0.3, -0.25) is 9.59 Å². The minimum absolute atomic E-state index is 0.0155. The molecular formula is C17H23BrN2O3. The van der Waals surface area contributed by atoms with Crippen LogP contribution in [-0.4, -0.2) is 35.8 Å². The van der Waals surface area contributed by atoms with Crippen LogP contribution in [0.5, 0.6) is 0 Å². The summed E-state index contributed by atoms with van der Waals surface area (Å²) in [6, 6.07) is 3.42. The van der Waals surface area contributed by atoms with Gasteiger partial charge < -0.3 is 14.6 Å². The summed E-state index contributed by atoms with van der Waals surface area (Å²) in [6.07, 6.45) is 6.84. The van der Waals surface area contributed by atoms with Crippen LogP contribution in [0, 0.1) is 5.92 Å². The minimum atomic E-state index is -0.0963. The molecular weight excluding hydrogens is 360 g/mol. The van der Waals surface area contributed by atoms with E-state index < -0.39 is 0 Å². The Balaban J connectivity index is 1.86. The number of hydrogen-bond acceptors (Lipinski definition) is 3. The molecule has 2 atom stereocenters. The molecule has 1 saturated carbocycles. The smallest absolute Gasteiger partial charge is 0.289 e. The van der Waals surface area contributed by atoms with E-state index >= 15 is 0 Å². The van der Waals surface area contributed by atoms with Crippen LogP contribution in [0.15, 0.2) is 21.2 Å². The highest BCUT2D eigenvalue weighted by molar-refractivity contribution is 9.10. The van der Waals surface area contributed by atoms with Crippen LogP contribution in [0.2, 0.25) is 0 Å². The molecule has 1 aromatic heterocycles. The number of halogens is 1. The summed E-state index contributed by atoms with van der Waals surface area (Å²) in [5.41, 5.74) is 0. The Labute approximate surface area is 144 Å². The molecule has 0 spiro atoms. The lowest BCUT2D eigenvalue weighted by molar-refractivity contribution is -0.128. The van der Waals surface area contributed by atoms with Crippen molar-refractivity contribution < 1.29 is 14.0 Å². The molecule has 0 bridgehead atoms. The number of hydrogen-bond donors (Lipinski definition) is 1. The van der Waals surface area contributed by atoms with Gasteiger partial charge in [-0.1, -0.05) is 12.8 Å². The van der Waals surface area contributed by atoms with Crippen LogP contribution in [0.4, 0.5) is 0 Å². The highest BCUT2D eigenvalue weighted by Gasteiger charge is 2.38. The number of nitrogens with zero attached hydrogens (tertiary/aromatic N) is 1. The molecule has 1 aliphatic carbocycles. The van der Waals surface area contributed by atoms with Gasteiger partial charge >= 0.3 is 0 Å². The van der Waals surface area contributed by atoms with E-state index in [0.29, 0.717) is 17.0 Å². The fraction of sp³-hybridized carbons (Fsp3) is 0.647. The third-order valence-corrected chi connectivity index (χ3v) is 5.31. The molecule has 2 aliphatic rings. The largest absolute Gasteiger partial charge is 0.444 e. The summed E-state index contributed by atoms with van der Waals surface area (Å²) < 4.78 is 6.01. The number of nitrogens with one attached hydrogen (secondary N) is 1. The van der Waals surface area contributed by atoms with Gasteiger partial charge in [0.15, 0.2) is 10.4 Å². The van der Waals surface area contributed by atoms with Crippen molar-refractivity contribution in [2.24, 2.45) is 5.92 Å². The lowest BCUT2D eigenvalue weighted by atomic mass is 9.82. The highest BCUT2D eigenvalue weighted by atomic mass is 79.9. The second-order valence-electron chi connectivity index (χ2n) is 6.41. The summed E-state index contributed by atoms with van der Waals surface area (Å²) in [4.78, 5) is 27.3. The average molecular weight is 383 g/mol. The van der Waals surface area contributed by atoms with E-state index in [4.69, 9.17) is 4.42 Å². The van der Waals surface area contributed by atoms with Crippen molar-refractivity contribution in [1.29, 1.82) is 0 Å². The second kappa shape index (κ2) is 7.51. The van der Waals surface area contributed by atoms with Gasteiger partial charge in [-0.25, -0.2) is 0 Å². The van der Waals surface area contributed by atoms with Crippen molar-refractivity contribution in [3.05, 3.63) is 22.6 Å². The predicted molar refractivity (Wildman–Crippen MR) is 90.1 cm³/mol. The molecule has 23 heavy (non-hydrogen) atoms. The van der Waals surface area contributed by atoms with Crippen molar-refractivity contribution in [2.45, 2.75) is 51.0 Å². The van der Waals surface area contributed by atoms with Gasteiger partial charge in [0.25, 0.3) is 5.91 Å². The quantitative estimate of drug-likeness (QED) is 0.809. The highest BCUT2D eigenvalue weighted by Crippen LogP contribution is 2.31. The fourth-order valence-electron chi connectivity index (χ4n) is 3.71. The van der Waals surface area contributed by atoms with Crippen LogP contribution in [-0.2, 0) is 4.79 Å². The summed E-state index contributed by atoms with van der Waals surface area (Å²) in [5.74, 6) is 0.263. The molecule has 6 heteroatoms. The van der Waals surface area contributed by atoms with E-state index in [1.165, 1.54) is 0 Å². The first-order chi connectivity index (χ1) is 11.2. The van der Waals surface area contributed by atoms with Gasteiger partial charge in [-0.15, -0.1) is 0 Å². The number of carbonyl (C=O) groups excluding carboxylic acids is 2. The van der Waals surface area contributed by atoms with Crippen LogP contribution in [0.25, 0.3) is 0 Å². The molecule has 5 nitrogen and oxygen atoms in total. The summed E-state index contributed by atoms with van der Waals surface area (Å²) >= 11 is 3.25. The van der Waals surface area contributed by atoms with Gasteiger partial charge in [-0.05, 0) is 60.2 Å². The fourth-order valence-corrected chi connectivity index (χ4v) is 4.01. The normalized spacial score (nSPS) is 26.3. The van der Waals surface area contributed by atoms with E-state index in [1.54, 1.807) is 12.1 Å². The SMILES string of the molecule is O=C1NCCCCCN(C(=O)c2ccc(Br)o2)C2CCCCC12. The van der Waals surface area contributed by atoms with E-state index in [1.807, 2.05) is 4.90 Å². The molecule has 1 aromatic rings. The van der Waals surface area contributed by atoms with Crippen LogP contribution in [0.1, 0.15) is 55.5 Å². The van der Waals surface area contributed by atoms with Crippen molar-refractivity contribution in [3.8, 4) is 0 Å². The van der Waals surface area contributed by atoms with Crippen LogP contribution >= 0.6 is 15.9 Å². The van der Waals surface area contributed by atoms with E-state index in [0.717, 1.165) is 51.5 Å². The number of fused-ring (bicyclic) bond motifs is 1. The van der Waals surface area contributed by atoms with Crippen molar-refractivity contribution in [2.75, 3.05) is 13.1 Å². The second-order valence-corrected chi connectivity index (χ2v) is 7.19. The molecule has 2 fully saturated rings. The number of rotatable bonds is 1. The zero-order valence-corrected chi connectivity index (χ0v) is 14.8. The molecule has 3 rings (SSSR count). The first-order valence-corrected chi connectivity index (χ1v) is 9.30. The third kappa shape index (κ3) is 3.79. The standard InChI is InChI=1S/C17H23BrN2O3/c18-15-9-8-14(23-15)17(22)20-11-5-1-4-10-19-16(21)12-6-2-3-7-13(12)20/h8-9,12-13H,1-7,10-11H2,(H,19,21). The molecule has 0 radical (unpaired) electrons. The van der Waals surface area contributed by atoms with E-state index in [-0.39, 0.29) is 23.8 Å². The maximum absolute atomic E-state index is 12.9. The Morgan fingerprint density at radius 2 is 2.00 bits per heavy atom. The van der Waals surface area contributed by atoms with Gasteiger partial charge in [0.05, 0.1) is 5.92 Å². The Bertz CT molecular complexity index is 572. The molecule has 2 unspecified atom stereocenters. The Kier molecular flexibility index (Phi) is 5.41. The number of furan rings is 1. The van der Waals surface area contributed by atoms with Crippen molar-refractivity contribution in [3.63, 3.8) is 0 Å². The average Bonchev–Trinajstić information content (AvgIpc) is 3.00. The topological polar surface area (TPSA) is 62.6 Å². The predicted octanol–water partition coefficient (Wildman–Crippen LogP) is 3.34. The van der Waals surface area contributed by atoms with Gasteiger partial charge in [-0.2, -0.15) is 0 Å². The maximum atomic E-state index is 12.9. The lowest BCUT2D eigenvalue weighted by Crippen LogP contribution is -2.51. The Morgan fingerprint density at radius 1 is 1.17 bits per heavy atom. The van der Waals surface area contributed by atoms with Crippen molar-refractivity contribution in [1.82, 2.24) is 10.2 Å². The van der Waals surface area contributed by atoms with Gasteiger partial charge in [0.2, 0.25) is 5.91 Å². The molecule has 0 aromatic carbocycles. The number of amides is 2. The monoisotopic (exact) mass is 382 g/mol. The number of carbonyl (C=O) groups is 2. The van der Waals surface area contributed by atoms with Crippen LogP contribution < -0.4 is 5.32 Å². The molecule has 2 amide bonds. The van der Waals surface area contributed by atoms with Crippen molar-refractivity contribution >= 4 is 27.7 Å². The molecule has 1 aliphatic heterocycles. The van der Waals surface area contributed by atoms with Gasteiger partial charge in [0, 0.05) is 19.1 Å². The summed E-state index contributed by atoms with van der Waals surface area (Å²) in [5, 5.41) is 3.05. The Hall–Kier alpha value is -1.30. The maximum Gasteiger partial charge on any atom is 0.289 e. The molecule has 1 saturated heterocycles. The Morgan fingerprint density at radius 3 is 2.78 bits per heavy atom. The van der Waals surface area contributed by atoms with Gasteiger partial charge in [0.1, 0.15) is 0 Å². The minimum Gasteiger partial charge on any atom is -0.444 e. The zero-order chi connectivity index (χ0) is 16.2. The van der Waals surface area contributed by atoms with E-state index in [9.17, 15) is 9.59 Å². The molecule has 2 heterocycles. The lowest BCUT2D eigenvalue weighted by Gasteiger charge is -2.39. The summed E-state index contributed by atoms with van der Waals surface area (Å²) in [6.45, 7) is 1.45. The third-order valence-electron chi connectivity index (χ3n) is 4.89. The summed E-state index contributed by atoms with van der Waals surface area (Å²) in [7, 11) is 0. The first-order valence-electron chi connectivity index (χ1n) is 8.51. The van der Waals surface area contributed by atoms with Crippen LogP contribution in [0.3, 0.4) is 0 Å². The molecule has 1 N–H and O–H groups in total. The van der Waals surface area contributed by atoms with E-state index in [2.05, 4.69) is 21.2 Å². The first kappa shape index (κ1) is 16.6. The zero-order valence-electron chi connectivity index (χ0n) is 13.2.